The summed E-state index contributed by atoms with van der Waals surface area (Å²) in [5.74, 6) is -2.06. The van der Waals surface area contributed by atoms with Gasteiger partial charge in [0.25, 0.3) is 5.91 Å². The monoisotopic (exact) mass is 367 g/mol. The molecule has 1 atom stereocenters. The van der Waals surface area contributed by atoms with Crippen molar-refractivity contribution in [2.45, 2.75) is 6.42 Å². The van der Waals surface area contributed by atoms with Crippen molar-refractivity contribution in [1.29, 1.82) is 0 Å². The van der Waals surface area contributed by atoms with Crippen LogP contribution in [0.15, 0.2) is 54.7 Å². The molecule has 6 heteroatoms. The third-order valence-corrected chi connectivity index (χ3v) is 4.98. The Morgan fingerprint density at radius 2 is 2.04 bits per heavy atom. The van der Waals surface area contributed by atoms with Gasteiger partial charge in [0.1, 0.15) is 0 Å². The summed E-state index contributed by atoms with van der Waals surface area (Å²) in [6, 6.07) is 13.3. The molecule has 0 saturated carbocycles. The van der Waals surface area contributed by atoms with E-state index in [2.05, 4.69) is 27.3 Å². The Labute approximate surface area is 155 Å². The van der Waals surface area contributed by atoms with Crippen molar-refractivity contribution >= 4 is 22.5 Å². The molecule has 0 radical (unpaired) electrons. The third-order valence-electron chi connectivity index (χ3n) is 4.98. The molecule has 2 heterocycles. The van der Waals surface area contributed by atoms with E-state index < -0.39 is 11.6 Å². The molecule has 0 aliphatic carbocycles. The summed E-state index contributed by atoms with van der Waals surface area (Å²) in [7, 11) is 0. The number of amides is 1. The molecule has 2 aromatic carbocycles. The number of fused-ring (bicyclic) bond motifs is 1. The van der Waals surface area contributed by atoms with Gasteiger partial charge in [0.2, 0.25) is 0 Å². The highest BCUT2D eigenvalue weighted by molar-refractivity contribution is 5.94. The van der Waals surface area contributed by atoms with Crippen LogP contribution in [0.4, 0.5) is 14.5 Å². The fourth-order valence-electron chi connectivity index (χ4n) is 3.56. The molecule has 1 fully saturated rings. The van der Waals surface area contributed by atoms with E-state index in [-0.39, 0.29) is 11.5 Å². The van der Waals surface area contributed by atoms with Crippen LogP contribution in [0.3, 0.4) is 0 Å². The molecule has 1 amide bonds. The maximum absolute atomic E-state index is 13.3. The Morgan fingerprint density at radius 1 is 1.15 bits per heavy atom. The summed E-state index contributed by atoms with van der Waals surface area (Å²) in [5, 5.41) is 3.95. The van der Waals surface area contributed by atoms with Crippen molar-refractivity contribution < 1.29 is 13.6 Å². The van der Waals surface area contributed by atoms with Gasteiger partial charge in [-0.2, -0.15) is 0 Å². The lowest BCUT2D eigenvalue weighted by atomic mass is 10.1. The summed E-state index contributed by atoms with van der Waals surface area (Å²) >= 11 is 0. The lowest BCUT2D eigenvalue weighted by Gasteiger charge is -2.20. The maximum Gasteiger partial charge on any atom is 0.251 e. The van der Waals surface area contributed by atoms with Crippen LogP contribution < -0.4 is 10.2 Å². The number of hydrogen-bond donors (Lipinski definition) is 1. The van der Waals surface area contributed by atoms with Crippen LogP contribution in [-0.4, -0.2) is 30.5 Å². The number of aromatic nitrogens is 1. The smallest absolute Gasteiger partial charge is 0.251 e. The fraction of sp³-hybridized carbons (Fsp3) is 0.238. The van der Waals surface area contributed by atoms with Crippen molar-refractivity contribution in [2.24, 2.45) is 5.92 Å². The first-order chi connectivity index (χ1) is 13.1. The second kappa shape index (κ2) is 7.31. The van der Waals surface area contributed by atoms with E-state index >= 15 is 0 Å². The molecule has 1 N–H and O–H groups in total. The SMILES string of the molecule is O=C(NC[C@@H]1CCN(c2cccc3ncccc23)C1)c1ccc(F)c(F)c1. The predicted octanol–water partition coefficient (Wildman–Crippen LogP) is 3.77. The number of benzene rings is 2. The van der Waals surface area contributed by atoms with Crippen molar-refractivity contribution in [3.63, 3.8) is 0 Å². The number of anilines is 1. The number of carbonyl (C=O) groups excluding carboxylic acids is 1. The van der Waals surface area contributed by atoms with E-state index in [0.717, 1.165) is 48.2 Å². The minimum Gasteiger partial charge on any atom is -0.371 e. The summed E-state index contributed by atoms with van der Waals surface area (Å²) in [6.45, 7) is 2.23. The van der Waals surface area contributed by atoms with Crippen LogP contribution in [0.5, 0.6) is 0 Å². The lowest BCUT2D eigenvalue weighted by Crippen LogP contribution is -2.31. The minimum atomic E-state index is -1.01. The van der Waals surface area contributed by atoms with Crippen molar-refractivity contribution in [1.82, 2.24) is 10.3 Å². The van der Waals surface area contributed by atoms with E-state index in [1.54, 1.807) is 6.20 Å². The molecule has 1 aliphatic rings. The first kappa shape index (κ1) is 17.4. The first-order valence-electron chi connectivity index (χ1n) is 8.94. The molecule has 4 rings (SSSR count). The molecular weight excluding hydrogens is 348 g/mol. The fourth-order valence-corrected chi connectivity index (χ4v) is 3.56. The van der Waals surface area contributed by atoms with Gasteiger partial charge in [-0.1, -0.05) is 6.07 Å². The third kappa shape index (κ3) is 3.60. The van der Waals surface area contributed by atoms with Crippen LogP contribution in [0.1, 0.15) is 16.8 Å². The molecule has 3 aromatic rings. The lowest BCUT2D eigenvalue weighted by molar-refractivity contribution is 0.0947. The van der Waals surface area contributed by atoms with Gasteiger partial charge in [0.15, 0.2) is 11.6 Å². The van der Waals surface area contributed by atoms with Crippen molar-refractivity contribution in [3.8, 4) is 0 Å². The van der Waals surface area contributed by atoms with E-state index in [1.165, 1.54) is 6.07 Å². The van der Waals surface area contributed by atoms with E-state index in [9.17, 15) is 13.6 Å². The van der Waals surface area contributed by atoms with E-state index in [4.69, 9.17) is 0 Å². The molecule has 0 bridgehead atoms. The molecular formula is C21H19F2N3O. The Morgan fingerprint density at radius 3 is 2.89 bits per heavy atom. The van der Waals surface area contributed by atoms with Crippen LogP contribution >= 0.6 is 0 Å². The number of nitrogens with zero attached hydrogens (tertiary/aromatic N) is 2. The minimum absolute atomic E-state index is 0.129. The zero-order chi connectivity index (χ0) is 18.8. The Balaban J connectivity index is 1.39. The Bertz CT molecular complexity index is 987. The highest BCUT2D eigenvalue weighted by atomic mass is 19.2. The molecule has 1 aliphatic heterocycles. The van der Waals surface area contributed by atoms with Gasteiger partial charge >= 0.3 is 0 Å². The summed E-state index contributed by atoms with van der Waals surface area (Å²) in [4.78, 5) is 18.9. The average molecular weight is 367 g/mol. The molecule has 0 spiro atoms. The van der Waals surface area contributed by atoms with Gasteiger partial charge in [-0.3, -0.25) is 9.78 Å². The predicted molar refractivity (Wildman–Crippen MR) is 101 cm³/mol. The standard InChI is InChI=1S/C21H19F2N3O/c22-17-7-6-15(11-18(17)23)21(27)25-12-14-8-10-26(13-14)20-5-1-4-19-16(20)3-2-9-24-19/h1-7,9,11,14H,8,10,12-13H2,(H,25,27)/t14-/m0/s1. The summed E-state index contributed by atoms with van der Waals surface area (Å²) in [6.07, 6.45) is 2.74. The Hall–Kier alpha value is -3.02. The largest absolute Gasteiger partial charge is 0.371 e. The number of rotatable bonds is 4. The summed E-state index contributed by atoms with van der Waals surface area (Å²) < 4.78 is 26.3. The Kier molecular flexibility index (Phi) is 4.71. The van der Waals surface area contributed by atoms with Gasteiger partial charge in [-0.25, -0.2) is 8.78 Å². The zero-order valence-corrected chi connectivity index (χ0v) is 14.7. The summed E-state index contributed by atoms with van der Waals surface area (Å²) in [5.41, 5.74) is 2.24. The molecule has 0 unspecified atom stereocenters. The maximum atomic E-state index is 13.3. The molecule has 4 nitrogen and oxygen atoms in total. The second-order valence-corrected chi connectivity index (χ2v) is 6.79. The number of pyridine rings is 1. The van der Waals surface area contributed by atoms with Crippen molar-refractivity contribution in [2.75, 3.05) is 24.5 Å². The number of hydrogen-bond acceptors (Lipinski definition) is 3. The van der Waals surface area contributed by atoms with Gasteiger partial charge in [0, 0.05) is 42.5 Å². The van der Waals surface area contributed by atoms with Gasteiger partial charge < -0.3 is 10.2 Å². The molecule has 27 heavy (non-hydrogen) atoms. The van der Waals surface area contributed by atoms with Crippen LogP contribution in [0.2, 0.25) is 0 Å². The van der Waals surface area contributed by atoms with Gasteiger partial charge in [0.05, 0.1) is 5.52 Å². The quantitative estimate of drug-likeness (QED) is 0.764. The van der Waals surface area contributed by atoms with E-state index in [0.29, 0.717) is 12.5 Å². The number of nitrogens with one attached hydrogen (secondary N) is 1. The van der Waals surface area contributed by atoms with Crippen LogP contribution in [0.25, 0.3) is 10.9 Å². The van der Waals surface area contributed by atoms with E-state index in [1.807, 2.05) is 18.2 Å². The average Bonchev–Trinajstić information content (AvgIpc) is 3.16. The van der Waals surface area contributed by atoms with Crippen molar-refractivity contribution in [3.05, 3.63) is 71.9 Å². The highest BCUT2D eigenvalue weighted by Crippen LogP contribution is 2.29. The highest BCUT2D eigenvalue weighted by Gasteiger charge is 2.24. The van der Waals surface area contributed by atoms with Gasteiger partial charge in [-0.05, 0) is 54.8 Å². The number of halogens is 2. The van der Waals surface area contributed by atoms with Crippen LogP contribution in [0, 0.1) is 17.6 Å². The van der Waals surface area contributed by atoms with Gasteiger partial charge in [-0.15, -0.1) is 0 Å². The molecule has 138 valence electrons. The molecule has 1 saturated heterocycles. The zero-order valence-electron chi connectivity index (χ0n) is 14.7. The normalized spacial score (nSPS) is 16.7. The second-order valence-electron chi connectivity index (χ2n) is 6.79. The topological polar surface area (TPSA) is 45.2 Å². The number of carbonyl (C=O) groups is 1. The first-order valence-corrected chi connectivity index (χ1v) is 8.94. The van der Waals surface area contributed by atoms with Crippen LogP contribution in [-0.2, 0) is 0 Å². The molecule has 1 aromatic heterocycles.